The van der Waals surface area contributed by atoms with E-state index in [-0.39, 0.29) is 0 Å². The molecule has 9 heavy (non-hydrogen) atoms. The van der Waals surface area contributed by atoms with Crippen molar-refractivity contribution in [3.05, 3.63) is 0 Å². The molecule has 0 radical (unpaired) electrons. The molecule has 1 N–H and O–H groups in total. The smallest absolute Gasteiger partial charge is 0.0348 e. The average molecular weight is 150 g/mol. The largest absolute Gasteiger partial charge is 0.313 e. The highest BCUT2D eigenvalue weighted by atomic mass is 35.5. The summed E-state index contributed by atoms with van der Waals surface area (Å²) in [6.45, 7) is 7.50. The molecule has 0 aliphatic heterocycles. The van der Waals surface area contributed by atoms with Crippen molar-refractivity contribution >= 4 is 11.6 Å². The Morgan fingerprint density at radius 3 is 2.22 bits per heavy atom. The van der Waals surface area contributed by atoms with Gasteiger partial charge in [0.25, 0.3) is 0 Å². The van der Waals surface area contributed by atoms with Crippen LogP contribution in [0.4, 0.5) is 0 Å². The van der Waals surface area contributed by atoms with Gasteiger partial charge in [-0.3, -0.25) is 0 Å². The van der Waals surface area contributed by atoms with E-state index in [1.54, 1.807) is 0 Å². The molecule has 0 amide bonds. The summed E-state index contributed by atoms with van der Waals surface area (Å²) in [4.78, 5) is 0. The lowest BCUT2D eigenvalue weighted by Gasteiger charge is -2.15. The van der Waals surface area contributed by atoms with Crippen LogP contribution in [0.15, 0.2) is 0 Å². The van der Waals surface area contributed by atoms with Crippen LogP contribution >= 0.6 is 11.6 Å². The molecule has 1 unspecified atom stereocenters. The van der Waals surface area contributed by atoms with Gasteiger partial charge in [0.15, 0.2) is 0 Å². The van der Waals surface area contributed by atoms with E-state index < -0.39 is 0 Å². The molecule has 0 aromatic rings. The summed E-state index contributed by atoms with van der Waals surface area (Å²) in [5.74, 6) is 1.41. The molecule has 56 valence electrons. The molecule has 0 aliphatic carbocycles. The normalized spacial score (nSPS) is 14.3. The lowest BCUT2D eigenvalue weighted by Crippen LogP contribution is -2.32. The molecule has 0 aliphatic rings. The van der Waals surface area contributed by atoms with Crippen LogP contribution in [-0.4, -0.2) is 18.5 Å². The van der Waals surface area contributed by atoms with E-state index in [1.165, 1.54) is 0 Å². The van der Waals surface area contributed by atoms with Gasteiger partial charge < -0.3 is 5.32 Å². The zero-order chi connectivity index (χ0) is 7.28. The molecule has 0 fully saturated rings. The topological polar surface area (TPSA) is 12.0 Å². The molecule has 0 saturated heterocycles. The maximum Gasteiger partial charge on any atom is 0.0348 e. The molecule has 0 heterocycles. The van der Waals surface area contributed by atoms with Crippen molar-refractivity contribution in [3.63, 3.8) is 0 Å². The molecular weight excluding hydrogens is 134 g/mol. The van der Waals surface area contributed by atoms with Crippen molar-refractivity contribution in [1.29, 1.82) is 0 Å². The monoisotopic (exact) mass is 149 g/mol. The van der Waals surface area contributed by atoms with E-state index in [0.29, 0.717) is 17.8 Å². The fourth-order valence-electron chi connectivity index (χ4n) is 0.518. The predicted octanol–water partition coefficient (Wildman–Crippen LogP) is 1.86. The summed E-state index contributed by atoms with van der Waals surface area (Å²) in [5.41, 5.74) is 0. The first-order chi connectivity index (χ1) is 4.18. The summed E-state index contributed by atoms with van der Waals surface area (Å²) >= 11 is 5.49. The Bertz CT molecular complexity index is 63.9. The highest BCUT2D eigenvalue weighted by molar-refractivity contribution is 6.18. The van der Waals surface area contributed by atoms with Gasteiger partial charge in [0.2, 0.25) is 0 Å². The molecule has 1 atom stereocenters. The molecule has 0 rings (SSSR count). The van der Waals surface area contributed by atoms with Crippen molar-refractivity contribution < 1.29 is 0 Å². The van der Waals surface area contributed by atoms with E-state index in [0.717, 1.165) is 6.54 Å². The second-order valence-corrected chi connectivity index (χ2v) is 3.05. The van der Waals surface area contributed by atoms with Gasteiger partial charge in [-0.15, -0.1) is 11.6 Å². The minimum Gasteiger partial charge on any atom is -0.313 e. The van der Waals surface area contributed by atoms with Crippen molar-refractivity contribution in [2.24, 2.45) is 5.92 Å². The second kappa shape index (κ2) is 5.07. The van der Waals surface area contributed by atoms with E-state index in [4.69, 9.17) is 11.6 Å². The minimum atomic E-state index is 0.587. The number of alkyl halides is 1. The van der Waals surface area contributed by atoms with Gasteiger partial charge in [0.1, 0.15) is 0 Å². The van der Waals surface area contributed by atoms with Gasteiger partial charge in [-0.2, -0.15) is 0 Å². The van der Waals surface area contributed by atoms with Crippen LogP contribution < -0.4 is 5.32 Å². The lowest BCUT2D eigenvalue weighted by atomic mass is 10.1. The van der Waals surface area contributed by atoms with Crippen LogP contribution in [0.1, 0.15) is 20.8 Å². The fraction of sp³-hybridized carbons (Fsp3) is 1.00. The molecule has 0 aromatic heterocycles. The van der Waals surface area contributed by atoms with E-state index >= 15 is 0 Å². The Hall–Kier alpha value is 0.250. The summed E-state index contributed by atoms with van der Waals surface area (Å²) in [5, 5.41) is 3.30. The van der Waals surface area contributed by atoms with Crippen LogP contribution in [-0.2, 0) is 0 Å². The first kappa shape index (κ1) is 9.25. The van der Waals surface area contributed by atoms with Gasteiger partial charge in [-0.1, -0.05) is 13.8 Å². The zero-order valence-corrected chi connectivity index (χ0v) is 7.20. The Labute approximate surface area is 62.8 Å². The highest BCUT2D eigenvalue weighted by Crippen LogP contribution is 1.98. The van der Waals surface area contributed by atoms with Crippen LogP contribution in [0.2, 0.25) is 0 Å². The van der Waals surface area contributed by atoms with E-state index in [1.807, 2.05) is 0 Å². The Morgan fingerprint density at radius 2 is 1.89 bits per heavy atom. The Balaban J connectivity index is 3.16. The Morgan fingerprint density at radius 1 is 1.33 bits per heavy atom. The van der Waals surface area contributed by atoms with Gasteiger partial charge >= 0.3 is 0 Å². The lowest BCUT2D eigenvalue weighted by molar-refractivity contribution is 0.438. The van der Waals surface area contributed by atoms with E-state index in [2.05, 4.69) is 26.1 Å². The number of rotatable bonds is 4. The summed E-state index contributed by atoms with van der Waals surface area (Å²) < 4.78 is 0. The van der Waals surface area contributed by atoms with Crippen LogP contribution in [0, 0.1) is 5.92 Å². The highest BCUT2D eigenvalue weighted by Gasteiger charge is 2.03. The molecule has 0 saturated carbocycles. The van der Waals surface area contributed by atoms with Gasteiger partial charge in [-0.25, -0.2) is 0 Å². The van der Waals surface area contributed by atoms with Crippen molar-refractivity contribution in [3.8, 4) is 0 Å². The first-order valence-electron chi connectivity index (χ1n) is 3.47. The summed E-state index contributed by atoms with van der Waals surface area (Å²) in [6, 6.07) is 0.587. The SMILES string of the molecule is CC(C)C(C)NCCCl. The third-order valence-corrected chi connectivity index (χ3v) is 1.75. The minimum absolute atomic E-state index is 0.587. The van der Waals surface area contributed by atoms with Crippen molar-refractivity contribution in [2.75, 3.05) is 12.4 Å². The fourth-order valence-corrected chi connectivity index (χ4v) is 0.627. The number of halogens is 1. The molecule has 1 nitrogen and oxygen atoms in total. The van der Waals surface area contributed by atoms with Crippen LogP contribution in [0.3, 0.4) is 0 Å². The third-order valence-electron chi connectivity index (χ3n) is 1.56. The van der Waals surface area contributed by atoms with E-state index in [9.17, 15) is 0 Å². The van der Waals surface area contributed by atoms with Crippen molar-refractivity contribution in [2.45, 2.75) is 26.8 Å². The number of nitrogens with one attached hydrogen (secondary N) is 1. The molecule has 0 bridgehead atoms. The number of hydrogen-bond donors (Lipinski definition) is 1. The maximum atomic E-state index is 5.49. The second-order valence-electron chi connectivity index (χ2n) is 2.68. The number of hydrogen-bond acceptors (Lipinski definition) is 1. The summed E-state index contributed by atoms with van der Waals surface area (Å²) in [7, 11) is 0. The third kappa shape index (κ3) is 4.73. The first-order valence-corrected chi connectivity index (χ1v) is 4.01. The standard InChI is InChI=1S/C7H16ClN/c1-6(2)7(3)9-5-4-8/h6-7,9H,4-5H2,1-3H3. The van der Waals surface area contributed by atoms with Crippen LogP contribution in [0.5, 0.6) is 0 Å². The van der Waals surface area contributed by atoms with Crippen molar-refractivity contribution in [1.82, 2.24) is 5.32 Å². The predicted molar refractivity (Wildman–Crippen MR) is 43.0 cm³/mol. The quantitative estimate of drug-likeness (QED) is 0.602. The summed E-state index contributed by atoms with van der Waals surface area (Å²) in [6.07, 6.45) is 0. The van der Waals surface area contributed by atoms with Gasteiger partial charge in [0.05, 0.1) is 0 Å². The molecule has 0 aromatic carbocycles. The zero-order valence-electron chi connectivity index (χ0n) is 6.45. The molecule has 0 spiro atoms. The molecule has 2 heteroatoms. The maximum absolute atomic E-state index is 5.49. The van der Waals surface area contributed by atoms with Crippen LogP contribution in [0.25, 0.3) is 0 Å². The molecular formula is C7H16ClN. The van der Waals surface area contributed by atoms with Gasteiger partial charge in [-0.05, 0) is 12.8 Å². The Kier molecular flexibility index (Phi) is 5.21. The van der Waals surface area contributed by atoms with Gasteiger partial charge in [0, 0.05) is 18.5 Å². The average Bonchev–Trinajstić information content (AvgIpc) is 1.82.